The second-order valence-electron chi connectivity index (χ2n) is 6.91. The summed E-state index contributed by atoms with van der Waals surface area (Å²) in [6.45, 7) is 2.00. The summed E-state index contributed by atoms with van der Waals surface area (Å²) >= 11 is 3.26. The number of fused-ring (bicyclic) bond motifs is 3. The number of aromatic nitrogens is 1. The summed E-state index contributed by atoms with van der Waals surface area (Å²) in [6.07, 6.45) is 0. The van der Waals surface area contributed by atoms with Crippen LogP contribution in [0.2, 0.25) is 0 Å². The fraction of sp³-hybridized carbons (Fsp3) is 0.0833. The van der Waals surface area contributed by atoms with Gasteiger partial charge in [-0.25, -0.2) is 4.98 Å². The van der Waals surface area contributed by atoms with Crippen LogP contribution in [0.25, 0.3) is 21.9 Å². The standard InChI is InChI=1S/C24H18N2O2S2/c1-15-25-17(13-29-15)14-30-23-9-5-3-7-20(23)24(27)26-16-10-11-19-18-6-2-4-8-21(18)28-22(19)12-16/h2-13H,14H2,1H3,(H,26,27). The maximum Gasteiger partial charge on any atom is 0.256 e. The Balaban J connectivity index is 1.38. The van der Waals surface area contributed by atoms with Gasteiger partial charge in [-0.3, -0.25) is 4.79 Å². The number of rotatable bonds is 5. The van der Waals surface area contributed by atoms with Crippen LogP contribution in [0.15, 0.2) is 81.4 Å². The Kier molecular flexibility index (Phi) is 5.02. The molecule has 0 radical (unpaired) electrons. The Bertz CT molecular complexity index is 1370. The maximum atomic E-state index is 13.0. The number of aryl methyl sites for hydroxylation is 1. The molecule has 0 bridgehead atoms. The van der Waals surface area contributed by atoms with Crippen molar-refractivity contribution >= 4 is 56.6 Å². The average molecular weight is 431 g/mol. The Morgan fingerprint density at radius 1 is 1.03 bits per heavy atom. The molecule has 4 nitrogen and oxygen atoms in total. The van der Waals surface area contributed by atoms with E-state index >= 15 is 0 Å². The van der Waals surface area contributed by atoms with Crippen LogP contribution < -0.4 is 5.32 Å². The highest BCUT2D eigenvalue weighted by molar-refractivity contribution is 7.98. The van der Waals surface area contributed by atoms with Crippen molar-refractivity contribution in [2.24, 2.45) is 0 Å². The number of hydrogen-bond acceptors (Lipinski definition) is 5. The van der Waals surface area contributed by atoms with Gasteiger partial charge in [0.05, 0.1) is 16.3 Å². The summed E-state index contributed by atoms with van der Waals surface area (Å²) in [4.78, 5) is 18.4. The number of thioether (sulfide) groups is 1. The van der Waals surface area contributed by atoms with E-state index < -0.39 is 0 Å². The Morgan fingerprint density at radius 3 is 2.70 bits per heavy atom. The molecule has 0 saturated carbocycles. The highest BCUT2D eigenvalue weighted by Crippen LogP contribution is 2.31. The van der Waals surface area contributed by atoms with Gasteiger partial charge < -0.3 is 9.73 Å². The predicted molar refractivity (Wildman–Crippen MR) is 125 cm³/mol. The van der Waals surface area contributed by atoms with Crippen LogP contribution >= 0.6 is 23.1 Å². The van der Waals surface area contributed by atoms with Crippen molar-refractivity contribution in [1.82, 2.24) is 4.98 Å². The molecular weight excluding hydrogens is 412 g/mol. The summed E-state index contributed by atoms with van der Waals surface area (Å²) in [6, 6.07) is 21.4. The van der Waals surface area contributed by atoms with E-state index in [0.29, 0.717) is 11.3 Å². The molecule has 0 atom stereocenters. The summed E-state index contributed by atoms with van der Waals surface area (Å²) in [5.74, 6) is 0.600. The molecule has 0 aliphatic rings. The number of amides is 1. The number of thiazole rings is 1. The van der Waals surface area contributed by atoms with Crippen molar-refractivity contribution in [3.8, 4) is 0 Å². The maximum absolute atomic E-state index is 13.0. The third kappa shape index (κ3) is 3.72. The Hall–Kier alpha value is -3.09. The van der Waals surface area contributed by atoms with Crippen molar-refractivity contribution in [3.63, 3.8) is 0 Å². The van der Waals surface area contributed by atoms with Crippen molar-refractivity contribution < 1.29 is 9.21 Å². The second kappa shape index (κ2) is 7.97. The van der Waals surface area contributed by atoms with Crippen molar-refractivity contribution in [3.05, 3.63) is 88.4 Å². The molecule has 5 rings (SSSR count). The third-order valence-corrected chi connectivity index (χ3v) is 6.74. The van der Waals surface area contributed by atoms with E-state index in [2.05, 4.69) is 15.7 Å². The molecule has 1 N–H and O–H groups in total. The zero-order chi connectivity index (χ0) is 20.5. The van der Waals surface area contributed by atoms with E-state index in [1.165, 1.54) is 0 Å². The van der Waals surface area contributed by atoms with Gasteiger partial charge in [-0.2, -0.15) is 0 Å². The highest BCUT2D eigenvalue weighted by atomic mass is 32.2. The molecule has 0 saturated heterocycles. The van der Waals surface area contributed by atoms with Gasteiger partial charge in [0.2, 0.25) is 0 Å². The van der Waals surface area contributed by atoms with Gasteiger partial charge in [0.15, 0.2) is 0 Å². The number of nitrogens with zero attached hydrogens (tertiary/aromatic N) is 1. The van der Waals surface area contributed by atoms with E-state index in [-0.39, 0.29) is 5.91 Å². The van der Waals surface area contributed by atoms with E-state index in [9.17, 15) is 4.79 Å². The molecule has 2 aromatic heterocycles. The Morgan fingerprint density at radius 2 is 1.83 bits per heavy atom. The number of nitrogens with one attached hydrogen (secondary N) is 1. The minimum absolute atomic E-state index is 0.136. The molecule has 0 spiro atoms. The molecule has 148 valence electrons. The van der Waals surface area contributed by atoms with Gasteiger partial charge in [0, 0.05) is 38.6 Å². The molecule has 3 aromatic carbocycles. The fourth-order valence-electron chi connectivity index (χ4n) is 3.41. The van der Waals surface area contributed by atoms with Crippen molar-refractivity contribution in [2.45, 2.75) is 17.6 Å². The number of hydrogen-bond donors (Lipinski definition) is 1. The van der Waals surface area contributed by atoms with E-state index in [4.69, 9.17) is 4.42 Å². The molecule has 1 amide bonds. The Labute approximate surface area is 181 Å². The minimum atomic E-state index is -0.136. The highest BCUT2D eigenvalue weighted by Gasteiger charge is 2.14. The predicted octanol–water partition coefficient (Wildman–Crippen LogP) is 6.90. The first-order chi connectivity index (χ1) is 14.7. The topological polar surface area (TPSA) is 55.1 Å². The monoisotopic (exact) mass is 430 g/mol. The molecule has 5 aromatic rings. The van der Waals surface area contributed by atoms with Gasteiger partial charge in [-0.15, -0.1) is 23.1 Å². The number of benzene rings is 3. The lowest BCUT2D eigenvalue weighted by atomic mass is 10.1. The van der Waals surface area contributed by atoms with E-state index in [0.717, 1.165) is 43.3 Å². The molecule has 0 aliphatic carbocycles. The molecule has 0 aliphatic heterocycles. The first-order valence-corrected chi connectivity index (χ1v) is 11.4. The zero-order valence-corrected chi connectivity index (χ0v) is 17.8. The first-order valence-electron chi connectivity index (χ1n) is 9.53. The summed E-state index contributed by atoms with van der Waals surface area (Å²) in [7, 11) is 0. The van der Waals surface area contributed by atoms with E-state index in [1.807, 2.05) is 73.7 Å². The molecule has 2 heterocycles. The molecule has 30 heavy (non-hydrogen) atoms. The van der Waals surface area contributed by atoms with Crippen molar-refractivity contribution in [2.75, 3.05) is 5.32 Å². The van der Waals surface area contributed by atoms with Crippen LogP contribution in [0.5, 0.6) is 0 Å². The van der Waals surface area contributed by atoms with Crippen LogP contribution in [0.4, 0.5) is 5.69 Å². The lowest BCUT2D eigenvalue weighted by Crippen LogP contribution is -2.12. The average Bonchev–Trinajstić information content (AvgIpc) is 3.35. The van der Waals surface area contributed by atoms with Crippen LogP contribution in [0.3, 0.4) is 0 Å². The first kappa shape index (κ1) is 18.9. The normalized spacial score (nSPS) is 11.2. The van der Waals surface area contributed by atoms with Crippen LogP contribution in [0.1, 0.15) is 21.1 Å². The van der Waals surface area contributed by atoms with Gasteiger partial charge in [0.1, 0.15) is 11.2 Å². The van der Waals surface area contributed by atoms with Crippen LogP contribution in [-0.4, -0.2) is 10.9 Å². The molecule has 0 unspecified atom stereocenters. The third-order valence-electron chi connectivity index (χ3n) is 4.81. The second-order valence-corrected chi connectivity index (χ2v) is 8.99. The van der Waals surface area contributed by atoms with Crippen molar-refractivity contribution in [1.29, 1.82) is 0 Å². The number of anilines is 1. The number of para-hydroxylation sites is 1. The molecular formula is C24H18N2O2S2. The zero-order valence-electron chi connectivity index (χ0n) is 16.2. The largest absolute Gasteiger partial charge is 0.456 e. The van der Waals surface area contributed by atoms with Gasteiger partial charge in [-0.1, -0.05) is 30.3 Å². The molecule has 6 heteroatoms. The van der Waals surface area contributed by atoms with Crippen LogP contribution in [-0.2, 0) is 5.75 Å². The lowest BCUT2D eigenvalue weighted by molar-refractivity contribution is 0.102. The number of furan rings is 1. The fourth-order valence-corrected chi connectivity index (χ4v) is 5.07. The van der Waals surface area contributed by atoms with Gasteiger partial charge >= 0.3 is 0 Å². The van der Waals surface area contributed by atoms with Crippen LogP contribution in [0, 0.1) is 6.92 Å². The van der Waals surface area contributed by atoms with Gasteiger partial charge in [0.25, 0.3) is 5.91 Å². The number of carbonyl (C=O) groups excluding carboxylic acids is 1. The van der Waals surface area contributed by atoms with E-state index in [1.54, 1.807) is 23.1 Å². The number of carbonyl (C=O) groups is 1. The summed E-state index contributed by atoms with van der Waals surface area (Å²) in [5, 5.41) is 8.24. The SMILES string of the molecule is Cc1nc(CSc2ccccc2C(=O)Nc2ccc3c(c2)oc2ccccc23)cs1. The summed E-state index contributed by atoms with van der Waals surface area (Å²) in [5.41, 5.74) is 4.00. The lowest BCUT2D eigenvalue weighted by Gasteiger charge is -2.09. The van der Waals surface area contributed by atoms with Gasteiger partial charge in [-0.05, 0) is 37.3 Å². The minimum Gasteiger partial charge on any atom is -0.456 e. The summed E-state index contributed by atoms with van der Waals surface area (Å²) < 4.78 is 5.93. The molecule has 0 fully saturated rings. The smallest absolute Gasteiger partial charge is 0.256 e. The quantitative estimate of drug-likeness (QED) is 0.308.